The second kappa shape index (κ2) is 8.48. The Kier molecular flexibility index (Phi) is 6.24. The number of methoxy groups -OCH3 is 1. The molecule has 1 aromatic rings. The molecule has 1 aromatic carbocycles. The molecule has 2 fully saturated rings. The van der Waals surface area contributed by atoms with E-state index in [9.17, 15) is 18.0 Å². The second-order valence-electron chi connectivity index (χ2n) is 7.42. The van der Waals surface area contributed by atoms with E-state index in [0.717, 1.165) is 25.7 Å². The minimum atomic E-state index is -3.71. The first kappa shape index (κ1) is 20.6. The van der Waals surface area contributed by atoms with Crippen molar-refractivity contribution in [2.75, 3.05) is 32.1 Å². The van der Waals surface area contributed by atoms with Crippen LogP contribution in [0.1, 0.15) is 32.6 Å². The smallest absolute Gasteiger partial charge is 0.246 e. The summed E-state index contributed by atoms with van der Waals surface area (Å²) in [5.41, 5.74) is 0.343. The summed E-state index contributed by atoms with van der Waals surface area (Å²) in [5.74, 6) is 0.0701. The Bertz CT molecular complexity index is 849. The van der Waals surface area contributed by atoms with Gasteiger partial charge < -0.3 is 15.4 Å². The first-order valence-electron chi connectivity index (χ1n) is 9.58. The summed E-state index contributed by atoms with van der Waals surface area (Å²) in [4.78, 5) is 24.0. The predicted octanol–water partition coefficient (Wildman–Crippen LogP) is 1.58. The third-order valence-electron chi connectivity index (χ3n) is 5.25. The molecule has 1 saturated carbocycles. The van der Waals surface area contributed by atoms with E-state index in [0.29, 0.717) is 24.7 Å². The highest BCUT2D eigenvalue weighted by atomic mass is 32.2. The van der Waals surface area contributed by atoms with Crippen LogP contribution in [0, 0.1) is 11.8 Å². The summed E-state index contributed by atoms with van der Waals surface area (Å²) < 4.78 is 32.7. The number of benzene rings is 1. The molecule has 0 bridgehead atoms. The van der Waals surface area contributed by atoms with Crippen molar-refractivity contribution in [3.8, 4) is 5.75 Å². The third kappa shape index (κ3) is 4.64. The highest BCUT2D eigenvalue weighted by Gasteiger charge is 2.39. The molecule has 8 nitrogen and oxygen atoms in total. The first-order valence-corrected chi connectivity index (χ1v) is 11.0. The Labute approximate surface area is 165 Å². The van der Waals surface area contributed by atoms with Crippen LogP contribution < -0.4 is 15.4 Å². The van der Waals surface area contributed by atoms with Crippen molar-refractivity contribution in [2.45, 2.75) is 37.5 Å². The van der Waals surface area contributed by atoms with Gasteiger partial charge in [0.2, 0.25) is 21.8 Å². The predicted molar refractivity (Wildman–Crippen MR) is 105 cm³/mol. The van der Waals surface area contributed by atoms with Gasteiger partial charge in [-0.15, -0.1) is 0 Å². The number of rotatable bonds is 7. The molecule has 2 amide bonds. The minimum Gasteiger partial charge on any atom is -0.495 e. The highest BCUT2D eigenvalue weighted by molar-refractivity contribution is 7.89. The third-order valence-corrected chi connectivity index (χ3v) is 7.17. The molecular weight excluding hydrogens is 382 g/mol. The van der Waals surface area contributed by atoms with Crippen LogP contribution in [0.2, 0.25) is 0 Å². The number of sulfonamides is 1. The summed E-state index contributed by atoms with van der Waals surface area (Å²) in [6.45, 7) is 2.80. The van der Waals surface area contributed by atoms with Gasteiger partial charge in [0.05, 0.1) is 13.7 Å². The van der Waals surface area contributed by atoms with Crippen molar-refractivity contribution >= 4 is 27.5 Å². The molecule has 0 aromatic heterocycles. The van der Waals surface area contributed by atoms with Gasteiger partial charge in [-0.25, -0.2) is 8.42 Å². The maximum atomic E-state index is 13.0. The summed E-state index contributed by atoms with van der Waals surface area (Å²) in [7, 11) is -2.30. The van der Waals surface area contributed by atoms with Gasteiger partial charge in [-0.05, 0) is 43.4 Å². The summed E-state index contributed by atoms with van der Waals surface area (Å²) in [5, 5.41) is 5.25. The number of nitrogens with one attached hydrogen (secondary N) is 2. The molecule has 28 heavy (non-hydrogen) atoms. The number of carbonyl (C=O) groups is 2. The molecular formula is C19H27N3O5S. The van der Waals surface area contributed by atoms with E-state index < -0.39 is 15.9 Å². The zero-order valence-electron chi connectivity index (χ0n) is 16.2. The quantitative estimate of drug-likeness (QED) is 0.711. The topological polar surface area (TPSA) is 105 Å². The van der Waals surface area contributed by atoms with Gasteiger partial charge in [0.1, 0.15) is 10.6 Å². The molecule has 1 aliphatic heterocycles. The Morgan fingerprint density at radius 3 is 2.50 bits per heavy atom. The molecule has 154 valence electrons. The fourth-order valence-corrected chi connectivity index (χ4v) is 5.09. The lowest BCUT2D eigenvalue weighted by Crippen LogP contribution is -2.36. The lowest BCUT2D eigenvalue weighted by Gasteiger charge is -2.26. The van der Waals surface area contributed by atoms with Crippen molar-refractivity contribution in [3.63, 3.8) is 0 Å². The zero-order valence-corrected chi connectivity index (χ0v) is 17.0. The van der Waals surface area contributed by atoms with Crippen molar-refractivity contribution in [1.29, 1.82) is 0 Å². The maximum absolute atomic E-state index is 13.0. The monoisotopic (exact) mass is 409 g/mol. The Morgan fingerprint density at radius 1 is 1.21 bits per heavy atom. The van der Waals surface area contributed by atoms with Crippen LogP contribution in [-0.2, 0) is 19.6 Å². The Balaban J connectivity index is 1.69. The maximum Gasteiger partial charge on any atom is 0.246 e. The number of piperidine rings is 1. The van der Waals surface area contributed by atoms with Crippen molar-refractivity contribution in [1.82, 2.24) is 9.62 Å². The molecule has 2 atom stereocenters. The molecule has 0 spiro atoms. The van der Waals surface area contributed by atoms with Gasteiger partial charge in [0, 0.05) is 24.7 Å². The fourth-order valence-electron chi connectivity index (χ4n) is 3.39. The van der Waals surface area contributed by atoms with Gasteiger partial charge in [-0.3, -0.25) is 9.59 Å². The van der Waals surface area contributed by atoms with Crippen LogP contribution in [0.4, 0.5) is 5.69 Å². The summed E-state index contributed by atoms with van der Waals surface area (Å²) in [6, 6.07) is 4.51. The summed E-state index contributed by atoms with van der Waals surface area (Å²) >= 11 is 0. The molecule has 0 radical (unpaired) electrons. The van der Waals surface area contributed by atoms with Gasteiger partial charge in [0.15, 0.2) is 0 Å². The molecule has 2 aliphatic rings. The largest absolute Gasteiger partial charge is 0.495 e. The van der Waals surface area contributed by atoms with Crippen LogP contribution >= 0.6 is 0 Å². The van der Waals surface area contributed by atoms with E-state index in [2.05, 4.69) is 10.6 Å². The minimum absolute atomic E-state index is 0.00456. The lowest BCUT2D eigenvalue weighted by molar-refractivity contribution is -0.125. The number of anilines is 1. The lowest BCUT2D eigenvalue weighted by atomic mass is 10.2. The molecule has 9 heteroatoms. The molecule has 3 rings (SSSR count). The van der Waals surface area contributed by atoms with Crippen molar-refractivity contribution in [2.24, 2.45) is 11.8 Å². The summed E-state index contributed by atoms with van der Waals surface area (Å²) in [6.07, 6.45) is 3.53. The van der Waals surface area contributed by atoms with Gasteiger partial charge in [-0.2, -0.15) is 4.31 Å². The number of amides is 2. The molecule has 1 saturated heterocycles. The number of nitrogens with zero attached hydrogens (tertiary/aromatic N) is 1. The van der Waals surface area contributed by atoms with Crippen molar-refractivity contribution in [3.05, 3.63) is 18.2 Å². The highest BCUT2D eigenvalue weighted by Crippen LogP contribution is 2.37. The number of hydrogen-bond acceptors (Lipinski definition) is 5. The Morgan fingerprint density at radius 2 is 1.89 bits per heavy atom. The first-order chi connectivity index (χ1) is 13.3. The molecule has 1 aliphatic carbocycles. The SMILES string of the molecule is COc1ccc(NC(=O)CNC(=O)[C@H]2C[C@H]2C)cc1S(=O)(=O)N1CCCCC1. The number of carbonyl (C=O) groups excluding carboxylic acids is 2. The molecule has 0 unspecified atom stereocenters. The standard InChI is InChI=1S/C19H27N3O5S/c1-13-10-15(13)19(24)20-12-18(23)21-14-6-7-16(27-2)17(11-14)28(25,26)22-8-4-3-5-9-22/h6-7,11,13,15H,3-5,8-10,12H2,1-2H3,(H,20,24)(H,21,23)/t13-,15+/m1/s1. The van der Waals surface area contributed by atoms with E-state index in [-0.39, 0.29) is 29.0 Å². The van der Waals surface area contributed by atoms with E-state index in [1.807, 2.05) is 6.92 Å². The van der Waals surface area contributed by atoms with Gasteiger partial charge >= 0.3 is 0 Å². The normalized spacial score (nSPS) is 22.4. The molecule has 1 heterocycles. The van der Waals surface area contributed by atoms with E-state index >= 15 is 0 Å². The Hall–Kier alpha value is -2.13. The van der Waals surface area contributed by atoms with Gasteiger partial charge in [-0.1, -0.05) is 13.3 Å². The van der Waals surface area contributed by atoms with Crippen LogP contribution in [0.15, 0.2) is 23.1 Å². The fraction of sp³-hybridized carbons (Fsp3) is 0.579. The van der Waals surface area contributed by atoms with Gasteiger partial charge in [0.25, 0.3) is 0 Å². The number of ether oxygens (including phenoxy) is 1. The van der Waals surface area contributed by atoms with E-state index in [1.165, 1.54) is 23.5 Å². The van der Waals surface area contributed by atoms with E-state index in [4.69, 9.17) is 4.74 Å². The van der Waals surface area contributed by atoms with Crippen LogP contribution in [0.3, 0.4) is 0 Å². The molecule has 2 N–H and O–H groups in total. The average molecular weight is 410 g/mol. The second-order valence-corrected chi connectivity index (χ2v) is 9.32. The van der Waals surface area contributed by atoms with E-state index in [1.54, 1.807) is 6.07 Å². The van der Waals surface area contributed by atoms with Crippen LogP contribution in [0.5, 0.6) is 5.75 Å². The number of hydrogen-bond donors (Lipinski definition) is 2. The average Bonchev–Trinajstić information content (AvgIpc) is 3.43. The zero-order chi connectivity index (χ0) is 20.3. The van der Waals surface area contributed by atoms with Crippen molar-refractivity contribution < 1.29 is 22.7 Å². The van der Waals surface area contributed by atoms with Crippen LogP contribution in [0.25, 0.3) is 0 Å². The van der Waals surface area contributed by atoms with Crippen LogP contribution in [-0.4, -0.2) is 51.3 Å².